The lowest BCUT2D eigenvalue weighted by Gasteiger charge is -2.20. The van der Waals surface area contributed by atoms with Crippen molar-refractivity contribution in [2.24, 2.45) is 0 Å². The molecule has 2 N–H and O–H groups in total. The van der Waals surface area contributed by atoms with E-state index in [0.717, 1.165) is 48.2 Å². The van der Waals surface area contributed by atoms with Crippen molar-refractivity contribution in [2.75, 3.05) is 31.5 Å². The average molecular weight is 562 g/mol. The maximum absolute atomic E-state index is 13.4. The highest BCUT2D eigenvalue weighted by Crippen LogP contribution is 2.22. The molecule has 2 aromatic carbocycles. The Morgan fingerprint density at radius 1 is 0.929 bits per heavy atom. The number of hydrogen-bond acceptors (Lipinski definition) is 6. The van der Waals surface area contributed by atoms with Crippen LogP contribution >= 0.6 is 0 Å². The molecule has 2 aromatic heterocycles. The summed E-state index contributed by atoms with van der Waals surface area (Å²) in [7, 11) is 0. The maximum Gasteiger partial charge on any atom is 0.244 e. The number of carbonyl (C=O) groups is 2. The molecule has 0 radical (unpaired) electrons. The van der Waals surface area contributed by atoms with Gasteiger partial charge in [-0.15, -0.1) is 0 Å². The minimum absolute atomic E-state index is 0.0875. The molecule has 0 spiro atoms. The standard InChI is InChI=1S/C33H35N7O2/c1-24(26-11-9-25(17-34)10-12-26)18-35-21-30(27-7-3-2-4-8-27)33(42)38-31-14-13-28(19-36-31)29-20-37-40(22-29)23-32(41)39-15-5-6-16-39/h2-4,7-14,19-20,22,24,30,35H,5-6,15-16,18,21,23H2,1H3,(H,36,38,42)/t24-,30?/m1/s1. The minimum Gasteiger partial charge on any atom is -0.341 e. The number of nitriles is 1. The SMILES string of the molecule is C[C@H](CNCC(C(=O)Nc1ccc(-c2cnn(CC(=O)N3CCCC3)c2)cn1)c1ccccc1)c1ccc(C#N)cc1. The normalized spacial score (nSPS) is 14.2. The van der Waals surface area contributed by atoms with Crippen LogP contribution in [0.25, 0.3) is 11.1 Å². The highest BCUT2D eigenvalue weighted by Gasteiger charge is 2.22. The smallest absolute Gasteiger partial charge is 0.244 e. The van der Waals surface area contributed by atoms with E-state index in [9.17, 15) is 9.59 Å². The Balaban J connectivity index is 1.19. The zero-order chi connectivity index (χ0) is 29.3. The Bertz CT molecular complexity index is 1520. The first kappa shape index (κ1) is 28.7. The molecule has 42 heavy (non-hydrogen) atoms. The molecular weight excluding hydrogens is 526 g/mol. The summed E-state index contributed by atoms with van der Waals surface area (Å²) >= 11 is 0. The molecule has 9 nitrogen and oxygen atoms in total. The van der Waals surface area contributed by atoms with Crippen LogP contribution < -0.4 is 10.6 Å². The molecule has 2 atom stereocenters. The molecule has 0 aliphatic carbocycles. The first-order chi connectivity index (χ1) is 20.5. The Kier molecular flexibility index (Phi) is 9.37. The van der Waals surface area contributed by atoms with Gasteiger partial charge in [0, 0.05) is 49.7 Å². The monoisotopic (exact) mass is 561 g/mol. The van der Waals surface area contributed by atoms with Gasteiger partial charge in [-0.25, -0.2) is 4.98 Å². The van der Waals surface area contributed by atoms with Crippen molar-refractivity contribution in [3.63, 3.8) is 0 Å². The molecule has 1 aliphatic heterocycles. The molecule has 3 heterocycles. The maximum atomic E-state index is 13.4. The van der Waals surface area contributed by atoms with Gasteiger partial charge in [0.1, 0.15) is 12.4 Å². The summed E-state index contributed by atoms with van der Waals surface area (Å²) in [6, 6.07) is 23.1. The number of pyridine rings is 1. The van der Waals surface area contributed by atoms with Gasteiger partial charge in [0.15, 0.2) is 0 Å². The predicted molar refractivity (Wildman–Crippen MR) is 162 cm³/mol. The Morgan fingerprint density at radius 2 is 1.69 bits per heavy atom. The number of anilines is 1. The summed E-state index contributed by atoms with van der Waals surface area (Å²) in [5, 5.41) is 19.8. The third-order valence-electron chi connectivity index (χ3n) is 7.66. The molecule has 4 aromatic rings. The van der Waals surface area contributed by atoms with Crippen molar-refractivity contribution in [1.82, 2.24) is 25.0 Å². The molecule has 214 valence electrons. The van der Waals surface area contributed by atoms with Gasteiger partial charge < -0.3 is 15.5 Å². The lowest BCUT2D eigenvalue weighted by atomic mass is 9.96. The van der Waals surface area contributed by atoms with Crippen LogP contribution in [0.15, 0.2) is 85.3 Å². The Morgan fingerprint density at radius 3 is 2.38 bits per heavy atom. The molecular formula is C33H35N7O2. The number of hydrogen-bond donors (Lipinski definition) is 2. The zero-order valence-corrected chi connectivity index (χ0v) is 23.7. The van der Waals surface area contributed by atoms with E-state index in [0.29, 0.717) is 24.5 Å². The second kappa shape index (κ2) is 13.7. The fraction of sp³-hybridized carbons (Fsp3) is 0.303. The van der Waals surface area contributed by atoms with E-state index < -0.39 is 5.92 Å². The van der Waals surface area contributed by atoms with Crippen LogP contribution in [-0.2, 0) is 16.1 Å². The molecule has 0 bridgehead atoms. The number of rotatable bonds is 11. The van der Waals surface area contributed by atoms with E-state index in [1.54, 1.807) is 23.1 Å². The fourth-order valence-electron chi connectivity index (χ4n) is 5.15. The van der Waals surface area contributed by atoms with Crippen molar-refractivity contribution < 1.29 is 9.59 Å². The van der Waals surface area contributed by atoms with Crippen LogP contribution in [0.1, 0.15) is 48.3 Å². The largest absolute Gasteiger partial charge is 0.341 e. The van der Waals surface area contributed by atoms with Crippen LogP contribution in [0.2, 0.25) is 0 Å². The van der Waals surface area contributed by atoms with Gasteiger partial charge >= 0.3 is 0 Å². The lowest BCUT2D eigenvalue weighted by molar-refractivity contribution is -0.131. The van der Waals surface area contributed by atoms with Gasteiger partial charge in [0.2, 0.25) is 11.8 Å². The van der Waals surface area contributed by atoms with Gasteiger partial charge in [-0.05, 0) is 54.2 Å². The van der Waals surface area contributed by atoms with E-state index in [4.69, 9.17) is 5.26 Å². The zero-order valence-electron chi connectivity index (χ0n) is 23.7. The molecule has 1 unspecified atom stereocenters. The number of amides is 2. The van der Waals surface area contributed by atoms with E-state index in [1.807, 2.05) is 71.8 Å². The van der Waals surface area contributed by atoms with Crippen LogP contribution in [0.4, 0.5) is 5.82 Å². The summed E-state index contributed by atoms with van der Waals surface area (Å²) in [4.78, 5) is 32.2. The molecule has 9 heteroatoms. The van der Waals surface area contributed by atoms with Crippen LogP contribution in [0, 0.1) is 11.3 Å². The fourth-order valence-corrected chi connectivity index (χ4v) is 5.15. The second-order valence-electron chi connectivity index (χ2n) is 10.7. The number of carbonyl (C=O) groups excluding carboxylic acids is 2. The van der Waals surface area contributed by atoms with Gasteiger partial charge in [0.05, 0.1) is 23.7 Å². The number of likely N-dealkylation sites (tertiary alicyclic amines) is 1. The molecule has 0 saturated carbocycles. The molecule has 1 fully saturated rings. The van der Waals surface area contributed by atoms with Crippen molar-refractivity contribution in [1.29, 1.82) is 5.26 Å². The average Bonchev–Trinajstić information content (AvgIpc) is 3.73. The molecule has 5 rings (SSSR count). The van der Waals surface area contributed by atoms with Crippen molar-refractivity contribution in [2.45, 2.75) is 38.1 Å². The van der Waals surface area contributed by atoms with Gasteiger partial charge in [-0.3, -0.25) is 14.3 Å². The summed E-state index contributed by atoms with van der Waals surface area (Å²) < 4.78 is 1.66. The summed E-state index contributed by atoms with van der Waals surface area (Å²) in [5.41, 5.74) is 4.40. The first-order valence-electron chi connectivity index (χ1n) is 14.3. The summed E-state index contributed by atoms with van der Waals surface area (Å²) in [6.45, 7) is 5.14. The Labute approximate surface area is 246 Å². The highest BCUT2D eigenvalue weighted by molar-refractivity contribution is 5.95. The third-order valence-corrected chi connectivity index (χ3v) is 7.66. The minimum atomic E-state index is -0.410. The lowest BCUT2D eigenvalue weighted by Crippen LogP contribution is -2.32. The van der Waals surface area contributed by atoms with Crippen LogP contribution in [0.3, 0.4) is 0 Å². The molecule has 1 saturated heterocycles. The summed E-state index contributed by atoms with van der Waals surface area (Å²) in [5.74, 6) is 0.214. The molecule has 2 amide bonds. The first-order valence-corrected chi connectivity index (χ1v) is 14.3. The van der Waals surface area contributed by atoms with Crippen LogP contribution in [0.5, 0.6) is 0 Å². The number of aromatic nitrogens is 3. The third kappa shape index (κ3) is 7.28. The van der Waals surface area contributed by atoms with Crippen molar-refractivity contribution >= 4 is 17.6 Å². The van der Waals surface area contributed by atoms with Crippen LogP contribution in [-0.4, -0.2) is 57.7 Å². The van der Waals surface area contributed by atoms with E-state index in [-0.39, 0.29) is 24.3 Å². The van der Waals surface area contributed by atoms with E-state index in [2.05, 4.69) is 33.7 Å². The van der Waals surface area contributed by atoms with Gasteiger partial charge in [0.25, 0.3) is 0 Å². The number of nitrogens with one attached hydrogen (secondary N) is 2. The van der Waals surface area contributed by atoms with Crippen molar-refractivity contribution in [3.8, 4) is 17.2 Å². The Hall–Kier alpha value is -4.81. The van der Waals surface area contributed by atoms with E-state index in [1.165, 1.54) is 0 Å². The van der Waals surface area contributed by atoms with E-state index >= 15 is 0 Å². The molecule has 1 aliphatic rings. The van der Waals surface area contributed by atoms with Gasteiger partial charge in [-0.2, -0.15) is 10.4 Å². The summed E-state index contributed by atoms with van der Waals surface area (Å²) in [6.07, 6.45) is 7.40. The number of nitrogens with zero attached hydrogens (tertiary/aromatic N) is 5. The second-order valence-corrected chi connectivity index (χ2v) is 10.7. The quantitative estimate of drug-likeness (QED) is 0.278. The predicted octanol–water partition coefficient (Wildman–Crippen LogP) is 4.55. The topological polar surface area (TPSA) is 116 Å². The van der Waals surface area contributed by atoms with Crippen molar-refractivity contribution in [3.05, 3.63) is 102 Å². The van der Waals surface area contributed by atoms with Gasteiger partial charge in [-0.1, -0.05) is 49.4 Å². The highest BCUT2D eigenvalue weighted by atomic mass is 16.2. The number of benzene rings is 2.